The monoisotopic (exact) mass is 419 g/mol. The highest BCUT2D eigenvalue weighted by Gasteiger charge is 2.40. The first-order chi connectivity index (χ1) is 15.1. The van der Waals surface area contributed by atoms with Crippen molar-refractivity contribution < 1.29 is 14.1 Å². The number of carbonyl (C=O) groups excluding carboxylic acids is 2. The van der Waals surface area contributed by atoms with Gasteiger partial charge in [-0.25, -0.2) is 0 Å². The molecule has 1 saturated heterocycles. The minimum Gasteiger partial charge on any atom is -0.347 e. The largest absolute Gasteiger partial charge is 0.347 e. The average Bonchev–Trinajstić information content (AvgIpc) is 3.56. The summed E-state index contributed by atoms with van der Waals surface area (Å²) >= 11 is 0. The number of benzene rings is 1. The first kappa shape index (κ1) is 19.5. The molecule has 1 N–H and O–H groups in total. The van der Waals surface area contributed by atoms with E-state index in [0.717, 1.165) is 25.1 Å². The zero-order valence-electron chi connectivity index (χ0n) is 17.5. The van der Waals surface area contributed by atoms with Crippen LogP contribution in [0.15, 0.2) is 47.1 Å². The standard InChI is InChI=1S/C23H25N5O3/c1-2-27-11-5-8-19(27)22-25-20(31-26-22)13-24-23(30)16-12-21(29)28(14-16)18-10-9-15-6-3-4-7-17(15)18/h3-8,11,16,18H,2,9-10,12-14H2,1H3,(H,24,30). The normalized spacial score (nSPS) is 20.3. The van der Waals surface area contributed by atoms with Crippen LogP contribution in [0.1, 0.15) is 42.8 Å². The third kappa shape index (κ3) is 3.62. The van der Waals surface area contributed by atoms with Crippen LogP contribution in [-0.4, -0.2) is 38.0 Å². The fourth-order valence-corrected chi connectivity index (χ4v) is 4.70. The Kier molecular flexibility index (Phi) is 5.05. The zero-order valence-corrected chi connectivity index (χ0v) is 17.5. The molecule has 0 spiro atoms. The molecule has 2 aromatic heterocycles. The lowest BCUT2D eigenvalue weighted by atomic mass is 10.1. The summed E-state index contributed by atoms with van der Waals surface area (Å²) in [6, 6.07) is 12.2. The van der Waals surface area contributed by atoms with E-state index >= 15 is 0 Å². The highest BCUT2D eigenvalue weighted by molar-refractivity contribution is 5.89. The van der Waals surface area contributed by atoms with Crippen LogP contribution >= 0.6 is 0 Å². The molecule has 31 heavy (non-hydrogen) atoms. The summed E-state index contributed by atoms with van der Waals surface area (Å²) in [5.74, 6) is 0.373. The second-order valence-corrected chi connectivity index (χ2v) is 8.11. The van der Waals surface area contributed by atoms with Crippen molar-refractivity contribution in [3.8, 4) is 11.5 Å². The topological polar surface area (TPSA) is 93.3 Å². The number of fused-ring (bicyclic) bond motifs is 1. The lowest BCUT2D eigenvalue weighted by molar-refractivity contribution is -0.130. The summed E-state index contributed by atoms with van der Waals surface area (Å²) in [5.41, 5.74) is 3.39. The zero-order chi connectivity index (χ0) is 21.4. The van der Waals surface area contributed by atoms with E-state index in [9.17, 15) is 9.59 Å². The Morgan fingerprint density at radius 3 is 3.00 bits per heavy atom. The predicted molar refractivity (Wildman–Crippen MR) is 113 cm³/mol. The van der Waals surface area contributed by atoms with Crippen molar-refractivity contribution in [3.63, 3.8) is 0 Å². The number of hydrogen-bond donors (Lipinski definition) is 1. The third-order valence-electron chi connectivity index (χ3n) is 6.29. The Hall–Kier alpha value is -3.42. The molecule has 0 radical (unpaired) electrons. The quantitative estimate of drug-likeness (QED) is 0.663. The number of amides is 2. The molecular weight excluding hydrogens is 394 g/mol. The Labute approximate surface area is 180 Å². The molecule has 160 valence electrons. The van der Waals surface area contributed by atoms with E-state index < -0.39 is 0 Å². The Balaban J connectivity index is 1.20. The number of aryl methyl sites for hydroxylation is 2. The van der Waals surface area contributed by atoms with Gasteiger partial charge in [-0.3, -0.25) is 9.59 Å². The Bertz CT molecular complexity index is 1120. The van der Waals surface area contributed by atoms with Crippen LogP contribution in [0.25, 0.3) is 11.5 Å². The van der Waals surface area contributed by atoms with Crippen molar-refractivity contribution in [2.75, 3.05) is 6.54 Å². The SMILES string of the molecule is CCn1cccc1-c1noc(CNC(=O)C2CC(=O)N(C3CCc4ccccc43)C2)n1. The molecule has 1 aliphatic heterocycles. The Morgan fingerprint density at radius 2 is 2.13 bits per heavy atom. The van der Waals surface area contributed by atoms with Gasteiger partial charge in [0.1, 0.15) is 0 Å². The van der Waals surface area contributed by atoms with E-state index in [1.165, 1.54) is 11.1 Å². The molecule has 2 aliphatic rings. The molecule has 2 amide bonds. The second kappa shape index (κ2) is 8.02. The first-order valence-electron chi connectivity index (χ1n) is 10.8. The number of nitrogens with zero attached hydrogens (tertiary/aromatic N) is 4. The summed E-state index contributed by atoms with van der Waals surface area (Å²) in [7, 11) is 0. The Morgan fingerprint density at radius 1 is 1.26 bits per heavy atom. The highest BCUT2D eigenvalue weighted by Crippen LogP contribution is 2.38. The van der Waals surface area contributed by atoms with E-state index in [2.05, 4.69) is 27.6 Å². The van der Waals surface area contributed by atoms with Crippen LogP contribution in [0.4, 0.5) is 0 Å². The summed E-state index contributed by atoms with van der Waals surface area (Å²) in [5, 5.41) is 6.88. The number of hydrogen-bond acceptors (Lipinski definition) is 5. The smallest absolute Gasteiger partial charge is 0.246 e. The first-order valence-corrected chi connectivity index (χ1v) is 10.8. The molecule has 0 bridgehead atoms. The van der Waals surface area contributed by atoms with E-state index in [0.29, 0.717) is 18.3 Å². The molecule has 8 nitrogen and oxygen atoms in total. The number of likely N-dealkylation sites (tertiary alicyclic amines) is 1. The van der Waals surface area contributed by atoms with Crippen LogP contribution in [-0.2, 0) is 29.1 Å². The van der Waals surface area contributed by atoms with E-state index in [4.69, 9.17) is 4.52 Å². The summed E-state index contributed by atoms with van der Waals surface area (Å²) in [4.78, 5) is 31.6. The maximum absolute atomic E-state index is 12.7. The minimum absolute atomic E-state index is 0.0438. The van der Waals surface area contributed by atoms with E-state index in [1.807, 2.05) is 46.9 Å². The predicted octanol–water partition coefficient (Wildman–Crippen LogP) is 2.71. The van der Waals surface area contributed by atoms with Crippen molar-refractivity contribution in [1.82, 2.24) is 24.9 Å². The van der Waals surface area contributed by atoms with Crippen molar-refractivity contribution in [3.05, 3.63) is 59.6 Å². The van der Waals surface area contributed by atoms with Gasteiger partial charge in [-0.2, -0.15) is 4.98 Å². The van der Waals surface area contributed by atoms with Crippen LogP contribution in [0, 0.1) is 5.92 Å². The highest BCUT2D eigenvalue weighted by atomic mass is 16.5. The molecule has 8 heteroatoms. The maximum Gasteiger partial charge on any atom is 0.246 e. The van der Waals surface area contributed by atoms with Gasteiger partial charge in [0.05, 0.1) is 24.2 Å². The fourth-order valence-electron chi connectivity index (χ4n) is 4.70. The summed E-state index contributed by atoms with van der Waals surface area (Å²) in [6.07, 6.45) is 4.09. The van der Waals surface area contributed by atoms with Gasteiger partial charge in [0.2, 0.25) is 23.5 Å². The summed E-state index contributed by atoms with van der Waals surface area (Å²) in [6.45, 7) is 3.44. The number of carbonyl (C=O) groups is 2. The number of aromatic nitrogens is 3. The summed E-state index contributed by atoms with van der Waals surface area (Å²) < 4.78 is 7.32. The molecule has 5 rings (SSSR count). The minimum atomic E-state index is -0.361. The van der Waals surface area contributed by atoms with Crippen LogP contribution in [0.3, 0.4) is 0 Å². The lowest BCUT2D eigenvalue weighted by Gasteiger charge is -2.25. The molecule has 1 fully saturated rings. The van der Waals surface area contributed by atoms with Crippen LogP contribution in [0.2, 0.25) is 0 Å². The maximum atomic E-state index is 12.7. The van der Waals surface area contributed by atoms with Gasteiger partial charge in [0.25, 0.3) is 0 Å². The molecule has 3 heterocycles. The van der Waals surface area contributed by atoms with Gasteiger partial charge in [-0.15, -0.1) is 0 Å². The van der Waals surface area contributed by atoms with Gasteiger partial charge in [0, 0.05) is 25.7 Å². The lowest BCUT2D eigenvalue weighted by Crippen LogP contribution is -2.33. The average molecular weight is 419 g/mol. The molecule has 2 unspecified atom stereocenters. The van der Waals surface area contributed by atoms with E-state index in [1.54, 1.807) is 0 Å². The van der Waals surface area contributed by atoms with E-state index in [-0.39, 0.29) is 36.7 Å². The molecule has 2 atom stereocenters. The van der Waals surface area contributed by atoms with Crippen molar-refractivity contribution in [1.29, 1.82) is 0 Å². The fraction of sp³-hybridized carbons (Fsp3) is 0.391. The van der Waals surface area contributed by atoms with Crippen molar-refractivity contribution in [2.45, 2.75) is 45.3 Å². The second-order valence-electron chi connectivity index (χ2n) is 8.11. The molecule has 1 aromatic carbocycles. The molecule has 0 saturated carbocycles. The molecular formula is C23H25N5O3. The van der Waals surface area contributed by atoms with Crippen LogP contribution in [0.5, 0.6) is 0 Å². The van der Waals surface area contributed by atoms with Gasteiger partial charge in [-0.1, -0.05) is 29.4 Å². The molecule has 3 aromatic rings. The van der Waals surface area contributed by atoms with Crippen molar-refractivity contribution >= 4 is 11.8 Å². The van der Waals surface area contributed by atoms with Gasteiger partial charge < -0.3 is 19.3 Å². The van der Waals surface area contributed by atoms with Gasteiger partial charge >= 0.3 is 0 Å². The van der Waals surface area contributed by atoms with Crippen molar-refractivity contribution in [2.24, 2.45) is 5.92 Å². The number of rotatable bonds is 6. The van der Waals surface area contributed by atoms with Gasteiger partial charge in [-0.05, 0) is 43.0 Å². The third-order valence-corrected chi connectivity index (χ3v) is 6.29. The number of nitrogens with one attached hydrogen (secondary N) is 1. The van der Waals surface area contributed by atoms with Crippen LogP contribution < -0.4 is 5.32 Å². The van der Waals surface area contributed by atoms with Gasteiger partial charge in [0.15, 0.2) is 0 Å². The molecule has 1 aliphatic carbocycles.